The summed E-state index contributed by atoms with van der Waals surface area (Å²) < 4.78 is 2.25. The van der Waals surface area contributed by atoms with Crippen LogP contribution >= 0.6 is 0 Å². The largest absolute Gasteiger partial charge is 0.355 e. The van der Waals surface area contributed by atoms with Gasteiger partial charge in [-0.05, 0) is 18.8 Å². The normalized spacial score (nSPS) is 11.3. The molecular formula is C12H23N3. The summed E-state index contributed by atoms with van der Waals surface area (Å²) in [7, 11) is 0. The first-order valence-electron chi connectivity index (χ1n) is 5.95. The zero-order valence-corrected chi connectivity index (χ0v) is 10.3. The van der Waals surface area contributed by atoms with Crippen LogP contribution in [0.25, 0.3) is 0 Å². The highest BCUT2D eigenvalue weighted by atomic mass is 15.2. The first kappa shape index (κ1) is 12.1. The summed E-state index contributed by atoms with van der Waals surface area (Å²) in [6.07, 6.45) is 6.26. The van der Waals surface area contributed by atoms with E-state index in [4.69, 9.17) is 0 Å². The van der Waals surface area contributed by atoms with Gasteiger partial charge in [0.05, 0.1) is 0 Å². The molecule has 0 aliphatic rings. The van der Waals surface area contributed by atoms with Gasteiger partial charge in [0.25, 0.3) is 0 Å². The van der Waals surface area contributed by atoms with Crippen LogP contribution < -0.4 is 5.32 Å². The highest BCUT2D eigenvalue weighted by Crippen LogP contribution is 2.20. The maximum absolute atomic E-state index is 4.36. The van der Waals surface area contributed by atoms with Crippen LogP contribution in [-0.4, -0.2) is 16.1 Å². The zero-order valence-electron chi connectivity index (χ0n) is 10.3. The van der Waals surface area contributed by atoms with Gasteiger partial charge in [-0.2, -0.15) is 0 Å². The Morgan fingerprint density at radius 1 is 1.33 bits per heavy atom. The molecule has 0 bridgehead atoms. The Labute approximate surface area is 92.9 Å². The van der Waals surface area contributed by atoms with E-state index in [1.807, 2.05) is 6.20 Å². The lowest BCUT2D eigenvalue weighted by Crippen LogP contribution is -2.15. The van der Waals surface area contributed by atoms with Crippen molar-refractivity contribution in [2.24, 2.45) is 5.92 Å². The van der Waals surface area contributed by atoms with Crippen molar-refractivity contribution < 1.29 is 0 Å². The van der Waals surface area contributed by atoms with E-state index in [0.29, 0.717) is 12.0 Å². The van der Waals surface area contributed by atoms with E-state index in [-0.39, 0.29) is 0 Å². The monoisotopic (exact) mass is 209 g/mol. The Morgan fingerprint density at radius 3 is 2.53 bits per heavy atom. The Balaban J connectivity index is 2.67. The fourth-order valence-electron chi connectivity index (χ4n) is 1.72. The molecule has 1 rings (SSSR count). The van der Waals surface area contributed by atoms with Crippen LogP contribution in [0, 0.1) is 5.92 Å². The molecule has 0 aliphatic carbocycles. The molecule has 0 aliphatic heterocycles. The van der Waals surface area contributed by atoms with Gasteiger partial charge in [-0.1, -0.05) is 27.7 Å². The van der Waals surface area contributed by atoms with Crippen molar-refractivity contribution in [3.8, 4) is 0 Å². The first-order valence-corrected chi connectivity index (χ1v) is 5.95. The number of aromatic nitrogens is 2. The Hall–Kier alpha value is -0.990. The SMILES string of the molecule is CCC(CC)n1ccnc1NCC(C)C. The van der Waals surface area contributed by atoms with Crippen molar-refractivity contribution in [3.05, 3.63) is 12.4 Å². The van der Waals surface area contributed by atoms with E-state index in [1.165, 1.54) is 0 Å². The molecule has 3 heteroatoms. The quantitative estimate of drug-likeness (QED) is 0.779. The number of imidazole rings is 1. The fraction of sp³-hybridized carbons (Fsp3) is 0.750. The molecule has 3 nitrogen and oxygen atoms in total. The van der Waals surface area contributed by atoms with Crippen LogP contribution in [0.15, 0.2) is 12.4 Å². The Bertz CT molecular complexity index is 274. The predicted octanol–water partition coefficient (Wildman–Crippen LogP) is 3.31. The van der Waals surface area contributed by atoms with Crippen molar-refractivity contribution in [2.45, 2.75) is 46.6 Å². The van der Waals surface area contributed by atoms with Crippen molar-refractivity contribution in [3.63, 3.8) is 0 Å². The van der Waals surface area contributed by atoms with Gasteiger partial charge in [0.2, 0.25) is 5.95 Å². The summed E-state index contributed by atoms with van der Waals surface area (Å²) in [6, 6.07) is 0.571. The van der Waals surface area contributed by atoms with Gasteiger partial charge in [-0.3, -0.25) is 0 Å². The molecule has 1 aromatic rings. The maximum atomic E-state index is 4.36. The Kier molecular flexibility index (Phi) is 4.66. The molecule has 0 fully saturated rings. The lowest BCUT2D eigenvalue weighted by molar-refractivity contribution is 0.474. The zero-order chi connectivity index (χ0) is 11.3. The third-order valence-electron chi connectivity index (χ3n) is 2.67. The van der Waals surface area contributed by atoms with Gasteiger partial charge >= 0.3 is 0 Å². The minimum absolute atomic E-state index is 0.571. The third-order valence-corrected chi connectivity index (χ3v) is 2.67. The van der Waals surface area contributed by atoms with Gasteiger partial charge in [-0.15, -0.1) is 0 Å². The molecular weight excluding hydrogens is 186 g/mol. The molecule has 1 N–H and O–H groups in total. The second kappa shape index (κ2) is 5.79. The lowest BCUT2D eigenvalue weighted by atomic mass is 10.2. The lowest BCUT2D eigenvalue weighted by Gasteiger charge is -2.18. The second-order valence-corrected chi connectivity index (χ2v) is 4.40. The smallest absolute Gasteiger partial charge is 0.203 e. The first-order chi connectivity index (χ1) is 7.19. The van der Waals surface area contributed by atoms with Gasteiger partial charge in [0.15, 0.2) is 0 Å². The molecule has 86 valence electrons. The summed E-state index contributed by atoms with van der Waals surface area (Å²) in [5.74, 6) is 1.66. The molecule has 0 spiro atoms. The molecule has 0 atom stereocenters. The summed E-state index contributed by atoms with van der Waals surface area (Å²) >= 11 is 0. The van der Waals surface area contributed by atoms with Crippen LogP contribution in [0.3, 0.4) is 0 Å². The number of nitrogens with one attached hydrogen (secondary N) is 1. The number of hydrogen-bond donors (Lipinski definition) is 1. The molecule has 0 radical (unpaired) electrons. The third kappa shape index (κ3) is 3.26. The topological polar surface area (TPSA) is 29.9 Å². The molecule has 15 heavy (non-hydrogen) atoms. The molecule has 0 amide bonds. The average Bonchev–Trinajstić information content (AvgIpc) is 2.65. The van der Waals surface area contributed by atoms with E-state index >= 15 is 0 Å². The van der Waals surface area contributed by atoms with Gasteiger partial charge in [0.1, 0.15) is 0 Å². The minimum atomic E-state index is 0.571. The summed E-state index contributed by atoms with van der Waals surface area (Å²) in [6.45, 7) is 9.84. The average molecular weight is 209 g/mol. The summed E-state index contributed by atoms with van der Waals surface area (Å²) in [5, 5.41) is 3.39. The van der Waals surface area contributed by atoms with Crippen LogP contribution in [0.2, 0.25) is 0 Å². The van der Waals surface area contributed by atoms with Crippen LogP contribution in [0.4, 0.5) is 5.95 Å². The Morgan fingerprint density at radius 2 is 2.00 bits per heavy atom. The summed E-state index contributed by atoms with van der Waals surface area (Å²) in [5.41, 5.74) is 0. The fourth-order valence-corrected chi connectivity index (χ4v) is 1.72. The highest BCUT2D eigenvalue weighted by molar-refractivity contribution is 5.26. The van der Waals surface area contributed by atoms with Gasteiger partial charge < -0.3 is 9.88 Å². The minimum Gasteiger partial charge on any atom is -0.355 e. The number of anilines is 1. The van der Waals surface area contributed by atoms with Crippen LogP contribution in [0.5, 0.6) is 0 Å². The predicted molar refractivity (Wildman–Crippen MR) is 65.2 cm³/mol. The summed E-state index contributed by atoms with van der Waals surface area (Å²) in [4.78, 5) is 4.36. The molecule has 0 saturated heterocycles. The molecule has 0 saturated carbocycles. The van der Waals surface area contributed by atoms with Crippen molar-refractivity contribution in [1.82, 2.24) is 9.55 Å². The van der Waals surface area contributed by atoms with Gasteiger partial charge in [0, 0.05) is 25.0 Å². The van der Waals surface area contributed by atoms with E-state index in [9.17, 15) is 0 Å². The molecule has 1 heterocycles. The van der Waals surface area contributed by atoms with Crippen molar-refractivity contribution in [1.29, 1.82) is 0 Å². The molecule has 0 aromatic carbocycles. The van der Waals surface area contributed by atoms with E-state index in [2.05, 4.69) is 48.8 Å². The maximum Gasteiger partial charge on any atom is 0.203 e. The van der Waals surface area contributed by atoms with E-state index in [0.717, 1.165) is 25.3 Å². The molecule has 1 aromatic heterocycles. The number of rotatable bonds is 6. The van der Waals surface area contributed by atoms with Crippen LogP contribution in [0.1, 0.15) is 46.6 Å². The number of hydrogen-bond acceptors (Lipinski definition) is 2. The molecule has 0 unspecified atom stereocenters. The number of nitrogens with zero attached hydrogens (tertiary/aromatic N) is 2. The standard InChI is InChI=1S/C12H23N3/c1-5-11(6-2)15-8-7-13-12(15)14-9-10(3)4/h7-8,10-11H,5-6,9H2,1-4H3,(H,13,14). The van der Waals surface area contributed by atoms with E-state index < -0.39 is 0 Å². The van der Waals surface area contributed by atoms with Crippen molar-refractivity contribution >= 4 is 5.95 Å². The second-order valence-electron chi connectivity index (χ2n) is 4.40. The van der Waals surface area contributed by atoms with Crippen LogP contribution in [-0.2, 0) is 0 Å². The van der Waals surface area contributed by atoms with Crippen molar-refractivity contribution in [2.75, 3.05) is 11.9 Å². The highest BCUT2D eigenvalue weighted by Gasteiger charge is 2.10. The van der Waals surface area contributed by atoms with Gasteiger partial charge in [-0.25, -0.2) is 4.98 Å². The van der Waals surface area contributed by atoms with E-state index in [1.54, 1.807) is 0 Å².